The zero-order valence-corrected chi connectivity index (χ0v) is 12.4. The Morgan fingerprint density at radius 2 is 2.43 bits per heavy atom. The van der Waals surface area contributed by atoms with Crippen molar-refractivity contribution in [2.75, 3.05) is 19.7 Å². The van der Waals surface area contributed by atoms with E-state index in [0.29, 0.717) is 19.7 Å². The van der Waals surface area contributed by atoms with Gasteiger partial charge < -0.3 is 9.64 Å². The van der Waals surface area contributed by atoms with E-state index in [1.165, 1.54) is 6.07 Å². The van der Waals surface area contributed by atoms with E-state index < -0.39 is 10.8 Å². The Bertz CT molecular complexity index is 550. The van der Waals surface area contributed by atoms with Crippen LogP contribution in [-0.2, 0) is 4.74 Å². The van der Waals surface area contributed by atoms with Gasteiger partial charge in [0.05, 0.1) is 11.0 Å². The molecule has 8 heteroatoms. The predicted molar refractivity (Wildman–Crippen MR) is 76.5 cm³/mol. The van der Waals surface area contributed by atoms with Gasteiger partial charge in [-0.25, -0.2) is 4.98 Å². The molecule has 1 aromatic heterocycles. The van der Waals surface area contributed by atoms with Crippen LogP contribution in [0.2, 0.25) is 5.15 Å². The Labute approximate surface area is 127 Å². The molecule has 1 amide bonds. The molecule has 0 N–H and O–H groups in total. The van der Waals surface area contributed by atoms with Crippen LogP contribution in [0.1, 0.15) is 30.1 Å². The van der Waals surface area contributed by atoms with Gasteiger partial charge in [0.1, 0.15) is 16.9 Å². The normalized spacial score (nSPS) is 18.6. The molecular formula is C13H16ClN3O4. The number of nitrogens with zero attached hydrogens (tertiary/aromatic N) is 3. The van der Waals surface area contributed by atoms with Gasteiger partial charge in [0.25, 0.3) is 11.6 Å². The molecule has 1 aromatic rings. The van der Waals surface area contributed by atoms with Gasteiger partial charge in [-0.15, -0.1) is 0 Å². The number of hydrogen-bond donors (Lipinski definition) is 0. The smallest absolute Gasteiger partial charge is 0.300 e. The number of hydrogen-bond acceptors (Lipinski definition) is 5. The standard InChI is InChI=1S/C13H16ClN3O4/c1-2-21-9-4-3-5-16(8-9)13(18)10-6-12(14)15-7-11(10)17(19)20/h6-7,9H,2-5,8H2,1H3. The Balaban J connectivity index is 2.23. The molecule has 1 unspecified atom stereocenters. The molecule has 1 saturated heterocycles. The second kappa shape index (κ2) is 6.82. The molecule has 1 fully saturated rings. The minimum absolute atomic E-state index is 0.0240. The summed E-state index contributed by atoms with van der Waals surface area (Å²) in [6, 6.07) is 1.24. The highest BCUT2D eigenvalue weighted by Crippen LogP contribution is 2.24. The SMILES string of the molecule is CCOC1CCCN(C(=O)c2cc(Cl)ncc2[N+](=O)[O-])C1. The Morgan fingerprint density at radius 1 is 1.67 bits per heavy atom. The summed E-state index contributed by atoms with van der Waals surface area (Å²) >= 11 is 5.75. The maximum atomic E-state index is 12.5. The molecule has 1 aliphatic rings. The summed E-state index contributed by atoms with van der Waals surface area (Å²) in [4.78, 5) is 28.1. The molecule has 21 heavy (non-hydrogen) atoms. The van der Waals surface area contributed by atoms with Gasteiger partial charge in [0, 0.05) is 19.7 Å². The topological polar surface area (TPSA) is 85.6 Å². The number of nitro groups is 1. The number of aromatic nitrogens is 1. The van der Waals surface area contributed by atoms with E-state index >= 15 is 0 Å². The minimum Gasteiger partial charge on any atom is -0.377 e. The van der Waals surface area contributed by atoms with Crippen molar-refractivity contribution in [2.45, 2.75) is 25.9 Å². The lowest BCUT2D eigenvalue weighted by Gasteiger charge is -2.32. The lowest BCUT2D eigenvalue weighted by Crippen LogP contribution is -2.43. The van der Waals surface area contributed by atoms with Gasteiger partial charge in [-0.1, -0.05) is 11.6 Å². The molecular weight excluding hydrogens is 298 g/mol. The van der Waals surface area contributed by atoms with Gasteiger partial charge in [-0.3, -0.25) is 14.9 Å². The van der Waals surface area contributed by atoms with Crippen LogP contribution in [0.5, 0.6) is 0 Å². The van der Waals surface area contributed by atoms with Crippen LogP contribution >= 0.6 is 11.6 Å². The van der Waals surface area contributed by atoms with Gasteiger partial charge in [0.2, 0.25) is 0 Å². The van der Waals surface area contributed by atoms with E-state index in [1.807, 2.05) is 6.92 Å². The first kappa shape index (κ1) is 15.7. The molecule has 0 aliphatic carbocycles. The molecule has 0 spiro atoms. The van der Waals surface area contributed by atoms with Crippen molar-refractivity contribution in [1.29, 1.82) is 0 Å². The summed E-state index contributed by atoms with van der Waals surface area (Å²) in [5, 5.41) is 11.1. The van der Waals surface area contributed by atoms with Crippen LogP contribution in [0.25, 0.3) is 0 Å². The zero-order chi connectivity index (χ0) is 15.4. The number of pyridine rings is 1. The first-order valence-corrected chi connectivity index (χ1v) is 7.11. The van der Waals surface area contributed by atoms with Crippen molar-refractivity contribution < 1.29 is 14.5 Å². The maximum Gasteiger partial charge on any atom is 0.300 e. The van der Waals surface area contributed by atoms with E-state index in [1.54, 1.807) is 4.90 Å². The first-order valence-electron chi connectivity index (χ1n) is 6.73. The quantitative estimate of drug-likeness (QED) is 0.483. The van der Waals surface area contributed by atoms with Crippen LogP contribution in [0, 0.1) is 10.1 Å². The molecule has 2 rings (SSSR count). The third-order valence-corrected chi connectivity index (χ3v) is 3.55. The fourth-order valence-corrected chi connectivity index (χ4v) is 2.56. The number of piperidine rings is 1. The Morgan fingerprint density at radius 3 is 3.10 bits per heavy atom. The highest BCUT2D eigenvalue weighted by Gasteiger charge is 2.29. The number of carbonyl (C=O) groups excluding carboxylic acids is 1. The van der Waals surface area contributed by atoms with Crippen molar-refractivity contribution >= 4 is 23.2 Å². The van der Waals surface area contributed by atoms with E-state index in [-0.39, 0.29) is 22.5 Å². The molecule has 114 valence electrons. The lowest BCUT2D eigenvalue weighted by atomic mass is 10.1. The van der Waals surface area contributed by atoms with Crippen molar-refractivity contribution in [3.05, 3.63) is 33.1 Å². The van der Waals surface area contributed by atoms with Gasteiger partial charge in [-0.2, -0.15) is 0 Å². The fourth-order valence-electron chi connectivity index (χ4n) is 2.40. The number of amides is 1. The van der Waals surface area contributed by atoms with Crippen molar-refractivity contribution in [3.8, 4) is 0 Å². The minimum atomic E-state index is -0.624. The molecule has 0 radical (unpaired) electrons. The lowest BCUT2D eigenvalue weighted by molar-refractivity contribution is -0.385. The van der Waals surface area contributed by atoms with Crippen molar-refractivity contribution in [2.24, 2.45) is 0 Å². The monoisotopic (exact) mass is 313 g/mol. The summed E-state index contributed by atoms with van der Waals surface area (Å²) in [5.74, 6) is -0.407. The second-order valence-electron chi connectivity index (χ2n) is 4.75. The summed E-state index contributed by atoms with van der Waals surface area (Å²) in [5.41, 5.74) is -0.361. The highest BCUT2D eigenvalue weighted by atomic mass is 35.5. The Kier molecular flexibility index (Phi) is 5.08. The molecule has 1 aliphatic heterocycles. The number of halogens is 1. The maximum absolute atomic E-state index is 12.5. The van der Waals surface area contributed by atoms with Crippen LogP contribution in [0.4, 0.5) is 5.69 Å². The summed E-state index contributed by atoms with van der Waals surface area (Å²) in [7, 11) is 0. The van der Waals surface area contributed by atoms with Gasteiger partial charge in [0.15, 0.2) is 0 Å². The second-order valence-corrected chi connectivity index (χ2v) is 5.14. The average Bonchev–Trinajstić information content (AvgIpc) is 2.46. The Hall–Kier alpha value is -1.73. The average molecular weight is 314 g/mol. The van der Waals surface area contributed by atoms with Crippen molar-refractivity contribution in [1.82, 2.24) is 9.88 Å². The first-order chi connectivity index (χ1) is 10.0. The summed E-state index contributed by atoms with van der Waals surface area (Å²) in [6.45, 7) is 3.46. The highest BCUT2D eigenvalue weighted by molar-refractivity contribution is 6.29. The molecule has 0 bridgehead atoms. The van der Waals surface area contributed by atoms with E-state index in [9.17, 15) is 14.9 Å². The number of rotatable bonds is 4. The summed E-state index contributed by atoms with van der Waals surface area (Å²) < 4.78 is 5.53. The van der Waals surface area contributed by atoms with E-state index in [0.717, 1.165) is 19.0 Å². The zero-order valence-electron chi connectivity index (χ0n) is 11.6. The third-order valence-electron chi connectivity index (χ3n) is 3.34. The number of carbonyl (C=O) groups is 1. The molecule has 0 aromatic carbocycles. The summed E-state index contributed by atoms with van der Waals surface area (Å²) in [6.07, 6.45) is 2.68. The van der Waals surface area contributed by atoms with E-state index in [4.69, 9.17) is 16.3 Å². The van der Waals surface area contributed by atoms with Gasteiger partial charge in [-0.05, 0) is 25.8 Å². The van der Waals surface area contributed by atoms with Crippen LogP contribution in [0.3, 0.4) is 0 Å². The van der Waals surface area contributed by atoms with E-state index in [2.05, 4.69) is 4.98 Å². The molecule has 7 nitrogen and oxygen atoms in total. The van der Waals surface area contributed by atoms with Crippen molar-refractivity contribution in [3.63, 3.8) is 0 Å². The molecule has 2 heterocycles. The predicted octanol–water partition coefficient (Wildman–Crippen LogP) is 2.28. The van der Waals surface area contributed by atoms with Crippen LogP contribution in [-0.4, -0.2) is 46.5 Å². The van der Waals surface area contributed by atoms with Gasteiger partial charge >= 0.3 is 0 Å². The fraction of sp³-hybridized carbons (Fsp3) is 0.538. The molecule has 1 atom stereocenters. The third kappa shape index (κ3) is 3.68. The largest absolute Gasteiger partial charge is 0.377 e. The van der Waals surface area contributed by atoms with Crippen LogP contribution < -0.4 is 0 Å². The van der Waals surface area contributed by atoms with Crippen LogP contribution in [0.15, 0.2) is 12.3 Å². The molecule has 0 saturated carbocycles. The number of likely N-dealkylation sites (tertiary alicyclic amines) is 1. The number of ether oxygens (including phenoxy) is 1.